The molecule has 16 heavy (non-hydrogen) atoms. The maximum atomic E-state index is 9.10. The van der Waals surface area contributed by atoms with Gasteiger partial charge in [-0.2, -0.15) is 17.0 Å². The Hall–Kier alpha value is -0.200. The van der Waals surface area contributed by atoms with Crippen LogP contribution in [-0.4, -0.2) is 17.0 Å². The maximum Gasteiger partial charge on any atom is 0.107 e. The highest BCUT2D eigenvalue weighted by atomic mass is 32.2. The van der Waals surface area contributed by atoms with Crippen LogP contribution in [0.25, 0.3) is 0 Å². The van der Waals surface area contributed by atoms with E-state index in [4.69, 9.17) is 11.0 Å². The van der Waals surface area contributed by atoms with E-state index in [9.17, 15) is 0 Å². The summed E-state index contributed by atoms with van der Waals surface area (Å²) in [5.74, 6) is 3.65. The van der Waals surface area contributed by atoms with Gasteiger partial charge in [0.05, 0.1) is 6.07 Å². The molecule has 1 saturated carbocycles. The Morgan fingerprint density at radius 1 is 1.62 bits per heavy atom. The second-order valence-corrected chi connectivity index (χ2v) is 6.27. The van der Waals surface area contributed by atoms with Gasteiger partial charge in [-0.05, 0) is 42.6 Å². The maximum absolute atomic E-state index is 9.10. The van der Waals surface area contributed by atoms with Gasteiger partial charge in [0.25, 0.3) is 0 Å². The molecule has 2 N–H and O–H groups in total. The van der Waals surface area contributed by atoms with Crippen molar-refractivity contribution >= 4 is 11.8 Å². The first-order chi connectivity index (χ1) is 7.62. The SMILES string of the molecule is CCC(C)CSCCC1CCCC1(N)C#N. The lowest BCUT2D eigenvalue weighted by molar-refractivity contribution is 0.389. The summed E-state index contributed by atoms with van der Waals surface area (Å²) in [4.78, 5) is 0. The normalized spacial score (nSPS) is 31.2. The lowest BCUT2D eigenvalue weighted by Gasteiger charge is -2.23. The smallest absolute Gasteiger partial charge is 0.107 e. The number of hydrogen-bond donors (Lipinski definition) is 1. The fraction of sp³-hybridized carbons (Fsp3) is 0.923. The molecule has 1 rings (SSSR count). The van der Waals surface area contributed by atoms with Crippen LogP contribution in [0.5, 0.6) is 0 Å². The Balaban J connectivity index is 2.21. The van der Waals surface area contributed by atoms with Crippen molar-refractivity contribution in [1.82, 2.24) is 0 Å². The highest BCUT2D eigenvalue weighted by molar-refractivity contribution is 7.99. The molecule has 0 aliphatic heterocycles. The van der Waals surface area contributed by atoms with Crippen LogP contribution in [-0.2, 0) is 0 Å². The van der Waals surface area contributed by atoms with Gasteiger partial charge < -0.3 is 5.73 Å². The third kappa shape index (κ3) is 3.68. The van der Waals surface area contributed by atoms with Crippen LogP contribution < -0.4 is 5.73 Å². The number of nitriles is 1. The first-order valence-corrected chi connectivity index (χ1v) is 7.55. The molecular formula is C13H24N2S. The average Bonchev–Trinajstić information content (AvgIpc) is 2.67. The monoisotopic (exact) mass is 240 g/mol. The van der Waals surface area contributed by atoms with Gasteiger partial charge in [0.1, 0.15) is 5.54 Å². The zero-order valence-electron chi connectivity index (χ0n) is 10.5. The lowest BCUT2D eigenvalue weighted by Crippen LogP contribution is -2.41. The van der Waals surface area contributed by atoms with Gasteiger partial charge in [0.2, 0.25) is 0 Å². The summed E-state index contributed by atoms with van der Waals surface area (Å²) in [6, 6.07) is 2.32. The van der Waals surface area contributed by atoms with Gasteiger partial charge in [-0.15, -0.1) is 0 Å². The Kier molecular flexibility index (Phi) is 5.64. The minimum atomic E-state index is -0.517. The van der Waals surface area contributed by atoms with Crippen molar-refractivity contribution in [2.24, 2.45) is 17.6 Å². The first kappa shape index (κ1) is 13.9. The van der Waals surface area contributed by atoms with Crippen molar-refractivity contribution in [2.45, 2.75) is 51.5 Å². The molecule has 0 amide bonds. The van der Waals surface area contributed by atoms with E-state index in [1.165, 1.54) is 12.2 Å². The van der Waals surface area contributed by atoms with Crippen LogP contribution >= 0.6 is 11.8 Å². The van der Waals surface area contributed by atoms with Crippen LogP contribution in [0.4, 0.5) is 0 Å². The molecule has 0 heterocycles. The molecule has 0 aromatic rings. The molecular weight excluding hydrogens is 216 g/mol. The largest absolute Gasteiger partial charge is 0.313 e. The van der Waals surface area contributed by atoms with Crippen molar-refractivity contribution in [1.29, 1.82) is 5.26 Å². The van der Waals surface area contributed by atoms with E-state index in [-0.39, 0.29) is 0 Å². The quantitative estimate of drug-likeness (QED) is 0.725. The first-order valence-electron chi connectivity index (χ1n) is 6.40. The second-order valence-electron chi connectivity index (χ2n) is 5.12. The number of nitrogens with two attached hydrogens (primary N) is 1. The zero-order valence-corrected chi connectivity index (χ0v) is 11.4. The number of nitrogens with zero attached hydrogens (tertiary/aromatic N) is 1. The van der Waals surface area contributed by atoms with Crippen molar-refractivity contribution in [3.8, 4) is 6.07 Å². The average molecular weight is 240 g/mol. The fourth-order valence-corrected chi connectivity index (χ4v) is 3.54. The number of hydrogen-bond acceptors (Lipinski definition) is 3. The summed E-state index contributed by atoms with van der Waals surface area (Å²) < 4.78 is 0. The molecule has 0 radical (unpaired) electrons. The van der Waals surface area contributed by atoms with Gasteiger partial charge in [-0.3, -0.25) is 0 Å². The third-order valence-corrected chi connectivity index (χ3v) is 5.12. The lowest BCUT2D eigenvalue weighted by atomic mass is 9.88. The van der Waals surface area contributed by atoms with E-state index >= 15 is 0 Å². The number of thioether (sulfide) groups is 1. The van der Waals surface area contributed by atoms with E-state index in [0.29, 0.717) is 5.92 Å². The Morgan fingerprint density at radius 2 is 2.38 bits per heavy atom. The Bertz CT molecular complexity index is 249. The second kappa shape index (κ2) is 6.51. The Labute approximate surface area is 104 Å². The van der Waals surface area contributed by atoms with Crippen LogP contribution in [0.2, 0.25) is 0 Å². The van der Waals surface area contributed by atoms with Crippen molar-refractivity contribution in [3.05, 3.63) is 0 Å². The molecule has 3 unspecified atom stereocenters. The predicted molar refractivity (Wildman–Crippen MR) is 71.3 cm³/mol. The van der Waals surface area contributed by atoms with Gasteiger partial charge >= 0.3 is 0 Å². The van der Waals surface area contributed by atoms with Gasteiger partial charge in [-0.1, -0.05) is 26.7 Å². The van der Waals surface area contributed by atoms with E-state index in [1.54, 1.807) is 0 Å². The molecule has 3 heteroatoms. The summed E-state index contributed by atoms with van der Waals surface area (Å²) in [5.41, 5.74) is 5.58. The molecule has 0 aromatic carbocycles. The van der Waals surface area contributed by atoms with Gasteiger partial charge in [0.15, 0.2) is 0 Å². The van der Waals surface area contributed by atoms with E-state index in [1.807, 2.05) is 11.8 Å². The molecule has 1 aliphatic rings. The minimum absolute atomic E-state index is 0.432. The zero-order chi connectivity index (χ0) is 12.0. The predicted octanol–water partition coefficient (Wildman–Crippen LogP) is 3.18. The number of rotatable bonds is 6. The summed E-state index contributed by atoms with van der Waals surface area (Å²) in [6.45, 7) is 4.54. The Morgan fingerprint density at radius 3 is 3.00 bits per heavy atom. The molecule has 0 spiro atoms. The van der Waals surface area contributed by atoms with Gasteiger partial charge in [-0.25, -0.2) is 0 Å². The molecule has 2 nitrogen and oxygen atoms in total. The minimum Gasteiger partial charge on any atom is -0.313 e. The molecule has 1 aliphatic carbocycles. The van der Waals surface area contributed by atoms with Crippen molar-refractivity contribution < 1.29 is 0 Å². The third-order valence-electron chi connectivity index (χ3n) is 3.79. The summed E-state index contributed by atoms with van der Waals surface area (Å²) in [6.07, 6.45) is 5.55. The fourth-order valence-electron chi connectivity index (χ4n) is 2.28. The van der Waals surface area contributed by atoms with E-state index in [0.717, 1.165) is 37.4 Å². The van der Waals surface area contributed by atoms with E-state index < -0.39 is 5.54 Å². The highest BCUT2D eigenvalue weighted by Gasteiger charge is 2.39. The molecule has 3 atom stereocenters. The van der Waals surface area contributed by atoms with Crippen molar-refractivity contribution in [3.63, 3.8) is 0 Å². The summed E-state index contributed by atoms with van der Waals surface area (Å²) >= 11 is 2.02. The molecule has 0 aromatic heterocycles. The van der Waals surface area contributed by atoms with E-state index in [2.05, 4.69) is 19.9 Å². The molecule has 0 bridgehead atoms. The van der Waals surface area contributed by atoms with Gasteiger partial charge in [0, 0.05) is 0 Å². The standard InChI is InChI=1S/C13H24N2S/c1-3-11(2)9-16-8-6-12-5-4-7-13(12,15)10-14/h11-12H,3-9,15H2,1-2H3. The summed E-state index contributed by atoms with van der Waals surface area (Å²) in [7, 11) is 0. The highest BCUT2D eigenvalue weighted by Crippen LogP contribution is 2.36. The van der Waals surface area contributed by atoms with Crippen LogP contribution in [0.3, 0.4) is 0 Å². The van der Waals surface area contributed by atoms with Crippen LogP contribution in [0.15, 0.2) is 0 Å². The molecule has 0 saturated heterocycles. The molecule has 92 valence electrons. The van der Waals surface area contributed by atoms with Crippen LogP contribution in [0.1, 0.15) is 46.0 Å². The van der Waals surface area contributed by atoms with Crippen molar-refractivity contribution in [2.75, 3.05) is 11.5 Å². The molecule has 1 fully saturated rings. The topological polar surface area (TPSA) is 49.8 Å². The van der Waals surface area contributed by atoms with Crippen LogP contribution in [0, 0.1) is 23.2 Å². The summed E-state index contributed by atoms with van der Waals surface area (Å²) in [5, 5.41) is 9.10.